The van der Waals surface area contributed by atoms with Crippen molar-refractivity contribution in [3.63, 3.8) is 0 Å². The van der Waals surface area contributed by atoms with E-state index in [0.717, 1.165) is 12.8 Å². The van der Waals surface area contributed by atoms with Crippen LogP contribution in [0.3, 0.4) is 0 Å². The van der Waals surface area contributed by atoms with Gasteiger partial charge in [-0.15, -0.1) is 0 Å². The topological polar surface area (TPSA) is 40.5 Å². The molecule has 0 amide bonds. The average Bonchev–Trinajstić information content (AvgIpc) is 2.13. The number of aliphatic hydroxyl groups is 2. The summed E-state index contributed by atoms with van der Waals surface area (Å²) in [6.45, 7) is 4.27. The van der Waals surface area contributed by atoms with E-state index in [1.165, 1.54) is 0 Å². The molecule has 0 aliphatic heterocycles. The standard InChI is InChI=1S/C8H16O2/c1-5(2)6-3-7(9)8(10)4-6/h5-10H,3-4H2,1-2H3/t6?,7-,8+. The van der Waals surface area contributed by atoms with E-state index in [4.69, 9.17) is 10.2 Å². The summed E-state index contributed by atoms with van der Waals surface area (Å²) >= 11 is 0. The Kier molecular flexibility index (Phi) is 2.32. The number of aliphatic hydroxyl groups excluding tert-OH is 2. The van der Waals surface area contributed by atoms with Crippen molar-refractivity contribution in [2.24, 2.45) is 11.8 Å². The van der Waals surface area contributed by atoms with Crippen molar-refractivity contribution in [3.8, 4) is 0 Å². The number of rotatable bonds is 1. The van der Waals surface area contributed by atoms with Gasteiger partial charge in [-0.05, 0) is 24.7 Å². The van der Waals surface area contributed by atoms with Crippen LogP contribution in [0.5, 0.6) is 0 Å². The van der Waals surface area contributed by atoms with Crippen LogP contribution in [0, 0.1) is 11.8 Å². The summed E-state index contributed by atoms with van der Waals surface area (Å²) in [4.78, 5) is 0. The zero-order chi connectivity index (χ0) is 7.72. The molecule has 0 bridgehead atoms. The van der Waals surface area contributed by atoms with E-state index in [1.807, 2.05) is 0 Å². The van der Waals surface area contributed by atoms with Gasteiger partial charge in [-0.25, -0.2) is 0 Å². The SMILES string of the molecule is CC(C)C1C[C@@H](O)[C@@H](O)C1. The fourth-order valence-corrected chi connectivity index (χ4v) is 1.58. The van der Waals surface area contributed by atoms with Crippen LogP contribution in [0.1, 0.15) is 26.7 Å². The monoisotopic (exact) mass is 144 g/mol. The molecule has 0 aromatic heterocycles. The second-order valence-corrected chi connectivity index (χ2v) is 3.61. The first kappa shape index (κ1) is 8.02. The van der Waals surface area contributed by atoms with Gasteiger partial charge in [0.15, 0.2) is 0 Å². The highest BCUT2D eigenvalue weighted by Gasteiger charge is 2.32. The fourth-order valence-electron chi connectivity index (χ4n) is 1.58. The lowest BCUT2D eigenvalue weighted by Crippen LogP contribution is -2.17. The maximum Gasteiger partial charge on any atom is 0.0802 e. The minimum absolute atomic E-state index is 0.465. The Morgan fingerprint density at radius 2 is 1.50 bits per heavy atom. The van der Waals surface area contributed by atoms with Gasteiger partial charge in [-0.2, -0.15) is 0 Å². The number of hydrogen-bond donors (Lipinski definition) is 2. The predicted octanol–water partition coefficient (Wildman–Crippen LogP) is 0.774. The molecular formula is C8H16O2. The van der Waals surface area contributed by atoms with E-state index >= 15 is 0 Å². The third-order valence-electron chi connectivity index (χ3n) is 2.48. The van der Waals surface area contributed by atoms with Gasteiger partial charge in [-0.3, -0.25) is 0 Å². The summed E-state index contributed by atoms with van der Waals surface area (Å²) in [5.74, 6) is 1.11. The van der Waals surface area contributed by atoms with Crippen LogP contribution in [-0.4, -0.2) is 22.4 Å². The molecule has 1 rings (SSSR count). The number of hydrogen-bond acceptors (Lipinski definition) is 2. The first-order valence-corrected chi connectivity index (χ1v) is 3.97. The van der Waals surface area contributed by atoms with Gasteiger partial charge >= 0.3 is 0 Å². The molecule has 2 nitrogen and oxygen atoms in total. The maximum absolute atomic E-state index is 9.17. The highest BCUT2D eigenvalue weighted by Crippen LogP contribution is 2.31. The van der Waals surface area contributed by atoms with Crippen LogP contribution in [0.4, 0.5) is 0 Å². The maximum atomic E-state index is 9.17. The van der Waals surface area contributed by atoms with Crippen LogP contribution < -0.4 is 0 Å². The summed E-state index contributed by atoms with van der Waals surface area (Å²) < 4.78 is 0. The molecule has 2 N–H and O–H groups in total. The molecule has 0 aromatic rings. The zero-order valence-electron chi connectivity index (χ0n) is 6.62. The molecule has 2 heteroatoms. The average molecular weight is 144 g/mol. The molecule has 0 spiro atoms. The Hall–Kier alpha value is -0.0800. The lowest BCUT2D eigenvalue weighted by molar-refractivity contribution is 0.0438. The second-order valence-electron chi connectivity index (χ2n) is 3.61. The van der Waals surface area contributed by atoms with Gasteiger partial charge < -0.3 is 10.2 Å². The van der Waals surface area contributed by atoms with Gasteiger partial charge in [0.2, 0.25) is 0 Å². The molecule has 1 unspecified atom stereocenters. The Morgan fingerprint density at radius 3 is 1.70 bits per heavy atom. The third kappa shape index (κ3) is 1.50. The Labute approximate surface area is 61.9 Å². The predicted molar refractivity (Wildman–Crippen MR) is 39.6 cm³/mol. The molecule has 1 aliphatic rings. The molecule has 60 valence electrons. The van der Waals surface area contributed by atoms with E-state index in [0.29, 0.717) is 11.8 Å². The van der Waals surface area contributed by atoms with E-state index in [1.54, 1.807) is 0 Å². The van der Waals surface area contributed by atoms with Gasteiger partial charge in [-0.1, -0.05) is 13.8 Å². The molecule has 0 saturated heterocycles. The van der Waals surface area contributed by atoms with Crippen LogP contribution in [0.25, 0.3) is 0 Å². The van der Waals surface area contributed by atoms with Gasteiger partial charge in [0.05, 0.1) is 12.2 Å². The highest BCUT2D eigenvalue weighted by molar-refractivity contribution is 4.83. The van der Waals surface area contributed by atoms with Crippen molar-refractivity contribution in [1.29, 1.82) is 0 Å². The normalized spacial score (nSPS) is 41.1. The molecule has 1 fully saturated rings. The van der Waals surface area contributed by atoms with Crippen LogP contribution in [0.15, 0.2) is 0 Å². The van der Waals surface area contributed by atoms with E-state index in [-0.39, 0.29) is 0 Å². The van der Waals surface area contributed by atoms with E-state index in [2.05, 4.69) is 13.8 Å². The second kappa shape index (κ2) is 2.89. The molecule has 10 heavy (non-hydrogen) atoms. The first-order valence-electron chi connectivity index (χ1n) is 3.97. The van der Waals surface area contributed by atoms with Crippen molar-refractivity contribution >= 4 is 0 Å². The lowest BCUT2D eigenvalue weighted by Gasteiger charge is -2.11. The zero-order valence-corrected chi connectivity index (χ0v) is 6.62. The quantitative estimate of drug-likeness (QED) is 0.570. The Bertz CT molecular complexity index is 102. The van der Waals surface area contributed by atoms with Crippen molar-refractivity contribution < 1.29 is 10.2 Å². The first-order chi connectivity index (χ1) is 4.61. The molecule has 0 aromatic carbocycles. The fraction of sp³-hybridized carbons (Fsp3) is 1.00. The lowest BCUT2D eigenvalue weighted by atomic mass is 9.94. The third-order valence-corrected chi connectivity index (χ3v) is 2.48. The molecule has 1 saturated carbocycles. The summed E-state index contributed by atoms with van der Waals surface area (Å²) in [6.07, 6.45) is 0.622. The summed E-state index contributed by atoms with van der Waals surface area (Å²) in [5.41, 5.74) is 0. The van der Waals surface area contributed by atoms with Crippen molar-refractivity contribution in [2.75, 3.05) is 0 Å². The largest absolute Gasteiger partial charge is 0.390 e. The minimum Gasteiger partial charge on any atom is -0.390 e. The molecule has 0 heterocycles. The van der Waals surface area contributed by atoms with Gasteiger partial charge in [0, 0.05) is 0 Å². The smallest absolute Gasteiger partial charge is 0.0802 e. The highest BCUT2D eigenvalue weighted by atomic mass is 16.3. The van der Waals surface area contributed by atoms with Crippen molar-refractivity contribution in [3.05, 3.63) is 0 Å². The van der Waals surface area contributed by atoms with E-state index in [9.17, 15) is 0 Å². The Morgan fingerprint density at radius 1 is 1.10 bits per heavy atom. The minimum atomic E-state index is -0.465. The molecular weight excluding hydrogens is 128 g/mol. The molecule has 3 atom stereocenters. The summed E-state index contributed by atoms with van der Waals surface area (Å²) in [5, 5.41) is 18.3. The summed E-state index contributed by atoms with van der Waals surface area (Å²) in [7, 11) is 0. The molecule has 0 radical (unpaired) electrons. The summed E-state index contributed by atoms with van der Waals surface area (Å²) in [6, 6.07) is 0. The van der Waals surface area contributed by atoms with Crippen molar-refractivity contribution in [2.45, 2.75) is 38.9 Å². The van der Waals surface area contributed by atoms with Crippen LogP contribution >= 0.6 is 0 Å². The van der Waals surface area contributed by atoms with Gasteiger partial charge in [0.25, 0.3) is 0 Å². The van der Waals surface area contributed by atoms with Gasteiger partial charge in [0.1, 0.15) is 0 Å². The Balaban J connectivity index is 2.41. The van der Waals surface area contributed by atoms with Crippen LogP contribution in [0.2, 0.25) is 0 Å². The van der Waals surface area contributed by atoms with E-state index < -0.39 is 12.2 Å². The molecule has 1 aliphatic carbocycles. The van der Waals surface area contributed by atoms with Crippen LogP contribution in [-0.2, 0) is 0 Å². The van der Waals surface area contributed by atoms with Crippen molar-refractivity contribution in [1.82, 2.24) is 0 Å².